The van der Waals surface area contributed by atoms with Gasteiger partial charge in [0.2, 0.25) is 0 Å². The smallest absolute Gasteiger partial charge is 0.0991 e. The number of aliphatic hydroxyl groups excluding tert-OH is 1. The van der Waals surface area contributed by atoms with E-state index < -0.39 is 6.10 Å². The molecule has 0 heterocycles. The van der Waals surface area contributed by atoms with Crippen LogP contribution >= 0.6 is 0 Å². The average molecular weight is 258 g/mol. The number of aliphatic hydroxyl groups is 1. The van der Waals surface area contributed by atoms with Gasteiger partial charge < -0.3 is 10.0 Å². The van der Waals surface area contributed by atoms with Gasteiger partial charge in [-0.15, -0.1) is 0 Å². The molecule has 0 aromatic heterocycles. The molecule has 19 heavy (non-hydrogen) atoms. The van der Waals surface area contributed by atoms with E-state index in [1.807, 2.05) is 12.1 Å². The lowest BCUT2D eigenvalue weighted by atomic mass is 9.85. The highest BCUT2D eigenvalue weighted by atomic mass is 16.3. The molecular weight excluding hydrogens is 236 g/mol. The second-order valence-electron chi connectivity index (χ2n) is 5.40. The minimum Gasteiger partial charge on any atom is -0.387 e. The molecule has 0 bridgehead atoms. The Labute approximate surface area is 115 Å². The van der Waals surface area contributed by atoms with Crippen molar-refractivity contribution in [2.45, 2.75) is 32.3 Å². The summed E-state index contributed by atoms with van der Waals surface area (Å²) < 4.78 is 0. The van der Waals surface area contributed by atoms with E-state index in [0.717, 1.165) is 24.6 Å². The van der Waals surface area contributed by atoms with Crippen LogP contribution < -0.4 is 0 Å². The Balaban J connectivity index is 1.90. The summed E-state index contributed by atoms with van der Waals surface area (Å²) in [5, 5.41) is 19.0. The van der Waals surface area contributed by atoms with Gasteiger partial charge in [0.25, 0.3) is 0 Å². The van der Waals surface area contributed by atoms with Crippen LogP contribution in [0.5, 0.6) is 0 Å². The molecule has 3 nitrogen and oxygen atoms in total. The fourth-order valence-corrected chi connectivity index (χ4v) is 2.50. The zero-order chi connectivity index (χ0) is 13.7. The predicted octanol–water partition coefficient (Wildman–Crippen LogP) is 2.71. The molecule has 1 unspecified atom stereocenters. The van der Waals surface area contributed by atoms with Crippen molar-refractivity contribution >= 4 is 0 Å². The molecule has 1 aliphatic carbocycles. The van der Waals surface area contributed by atoms with Crippen molar-refractivity contribution < 1.29 is 5.11 Å². The maximum atomic E-state index is 10.3. The maximum Gasteiger partial charge on any atom is 0.0991 e. The zero-order valence-electron chi connectivity index (χ0n) is 11.5. The van der Waals surface area contributed by atoms with E-state index >= 15 is 0 Å². The van der Waals surface area contributed by atoms with Crippen LogP contribution in [0.3, 0.4) is 0 Å². The summed E-state index contributed by atoms with van der Waals surface area (Å²) in [6, 6.07) is 9.32. The number of likely N-dealkylation sites (N-methyl/N-ethyl adjacent to an activating group) is 1. The molecular formula is C16H22N2O. The van der Waals surface area contributed by atoms with E-state index in [0.29, 0.717) is 12.1 Å². The highest BCUT2D eigenvalue weighted by Gasteiger charge is 2.21. The molecule has 1 saturated carbocycles. The average Bonchev–Trinajstić information content (AvgIpc) is 2.41. The van der Waals surface area contributed by atoms with Crippen LogP contribution in [-0.4, -0.2) is 29.6 Å². The van der Waals surface area contributed by atoms with Crippen LogP contribution in [0.2, 0.25) is 0 Å². The third kappa shape index (κ3) is 3.79. The molecule has 0 aliphatic heterocycles. The van der Waals surface area contributed by atoms with Crippen molar-refractivity contribution in [3.05, 3.63) is 35.4 Å². The van der Waals surface area contributed by atoms with Crippen LogP contribution in [0, 0.1) is 17.2 Å². The lowest BCUT2D eigenvalue weighted by Crippen LogP contribution is -2.35. The number of nitriles is 1. The first-order chi connectivity index (χ1) is 9.22. The van der Waals surface area contributed by atoms with Crippen molar-refractivity contribution in [1.29, 1.82) is 5.26 Å². The third-order valence-electron chi connectivity index (χ3n) is 4.04. The topological polar surface area (TPSA) is 47.3 Å². The van der Waals surface area contributed by atoms with Crippen LogP contribution in [0.1, 0.15) is 43.4 Å². The fourth-order valence-electron chi connectivity index (χ4n) is 2.50. The van der Waals surface area contributed by atoms with Gasteiger partial charge in [-0.05, 0) is 43.0 Å². The first-order valence-electron chi connectivity index (χ1n) is 7.13. The van der Waals surface area contributed by atoms with Gasteiger partial charge in [0.1, 0.15) is 0 Å². The van der Waals surface area contributed by atoms with Crippen LogP contribution in [0.15, 0.2) is 24.3 Å². The van der Waals surface area contributed by atoms with E-state index in [9.17, 15) is 5.11 Å². The minimum atomic E-state index is -0.465. The summed E-state index contributed by atoms with van der Waals surface area (Å²) in [6.45, 7) is 4.90. The number of hydrogen-bond donors (Lipinski definition) is 1. The van der Waals surface area contributed by atoms with Gasteiger partial charge in [0.05, 0.1) is 17.7 Å². The summed E-state index contributed by atoms with van der Waals surface area (Å²) in [6.07, 6.45) is 3.57. The summed E-state index contributed by atoms with van der Waals surface area (Å²) in [7, 11) is 0. The summed E-state index contributed by atoms with van der Waals surface area (Å²) in [5.74, 6) is 0.827. The van der Waals surface area contributed by atoms with E-state index in [4.69, 9.17) is 5.26 Å². The summed E-state index contributed by atoms with van der Waals surface area (Å²) in [5.41, 5.74) is 1.53. The quantitative estimate of drug-likeness (QED) is 0.853. The molecule has 0 amide bonds. The second kappa shape index (κ2) is 6.70. The van der Waals surface area contributed by atoms with E-state index in [2.05, 4.69) is 17.9 Å². The molecule has 1 aromatic carbocycles. The largest absolute Gasteiger partial charge is 0.387 e. The molecule has 0 radical (unpaired) electrons. The van der Waals surface area contributed by atoms with Crippen molar-refractivity contribution in [1.82, 2.24) is 4.90 Å². The monoisotopic (exact) mass is 258 g/mol. The number of rotatable bonds is 6. The number of benzene rings is 1. The Morgan fingerprint density at radius 2 is 2.05 bits per heavy atom. The maximum absolute atomic E-state index is 10.3. The Bertz CT molecular complexity index is 431. The van der Waals surface area contributed by atoms with Crippen molar-refractivity contribution in [3.63, 3.8) is 0 Å². The Morgan fingerprint density at radius 1 is 1.37 bits per heavy atom. The zero-order valence-corrected chi connectivity index (χ0v) is 11.5. The lowest BCUT2D eigenvalue weighted by molar-refractivity contribution is 0.0941. The first kappa shape index (κ1) is 14.0. The highest BCUT2D eigenvalue weighted by Crippen LogP contribution is 2.27. The van der Waals surface area contributed by atoms with Crippen LogP contribution in [-0.2, 0) is 0 Å². The SMILES string of the molecule is CCN(CC1CCC1)CC(O)c1ccc(C#N)cc1. The lowest BCUT2D eigenvalue weighted by Gasteiger charge is -2.32. The number of hydrogen-bond acceptors (Lipinski definition) is 3. The molecule has 3 heteroatoms. The molecule has 0 spiro atoms. The first-order valence-corrected chi connectivity index (χ1v) is 7.13. The highest BCUT2D eigenvalue weighted by molar-refractivity contribution is 5.32. The summed E-state index contributed by atoms with van der Waals surface area (Å²) in [4.78, 5) is 2.33. The van der Waals surface area contributed by atoms with Gasteiger partial charge in [0.15, 0.2) is 0 Å². The Morgan fingerprint density at radius 3 is 2.53 bits per heavy atom. The minimum absolute atomic E-state index is 0.465. The van der Waals surface area contributed by atoms with Crippen molar-refractivity contribution in [2.24, 2.45) is 5.92 Å². The van der Waals surface area contributed by atoms with E-state index in [1.54, 1.807) is 12.1 Å². The number of nitrogens with zero attached hydrogens (tertiary/aromatic N) is 2. The Hall–Kier alpha value is -1.37. The molecule has 1 aliphatic rings. The van der Waals surface area contributed by atoms with E-state index in [-0.39, 0.29) is 0 Å². The molecule has 1 atom stereocenters. The fraction of sp³-hybridized carbons (Fsp3) is 0.562. The summed E-state index contributed by atoms with van der Waals surface area (Å²) >= 11 is 0. The van der Waals surface area contributed by atoms with E-state index in [1.165, 1.54) is 19.3 Å². The van der Waals surface area contributed by atoms with Crippen LogP contribution in [0.25, 0.3) is 0 Å². The molecule has 0 saturated heterocycles. The van der Waals surface area contributed by atoms with Gasteiger partial charge in [-0.1, -0.05) is 25.5 Å². The Kier molecular flexibility index (Phi) is 4.95. The molecule has 102 valence electrons. The normalized spacial score (nSPS) is 16.9. The second-order valence-corrected chi connectivity index (χ2v) is 5.40. The predicted molar refractivity (Wildman–Crippen MR) is 75.6 cm³/mol. The van der Waals surface area contributed by atoms with Crippen LogP contribution in [0.4, 0.5) is 0 Å². The molecule has 1 fully saturated rings. The van der Waals surface area contributed by atoms with Crippen molar-refractivity contribution in [3.8, 4) is 6.07 Å². The van der Waals surface area contributed by atoms with Gasteiger partial charge in [0, 0.05) is 13.1 Å². The van der Waals surface area contributed by atoms with Crippen molar-refractivity contribution in [2.75, 3.05) is 19.6 Å². The van der Waals surface area contributed by atoms with Gasteiger partial charge in [-0.25, -0.2) is 0 Å². The van der Waals surface area contributed by atoms with Gasteiger partial charge in [-0.3, -0.25) is 0 Å². The van der Waals surface area contributed by atoms with Gasteiger partial charge in [-0.2, -0.15) is 5.26 Å². The third-order valence-corrected chi connectivity index (χ3v) is 4.04. The molecule has 1 aromatic rings. The van der Waals surface area contributed by atoms with Gasteiger partial charge >= 0.3 is 0 Å². The molecule has 2 rings (SSSR count). The standard InChI is InChI=1S/C16H22N2O/c1-2-18(11-14-4-3-5-14)12-16(19)15-8-6-13(10-17)7-9-15/h6-9,14,16,19H,2-5,11-12H2,1H3. The molecule has 1 N–H and O–H groups in total.